The van der Waals surface area contributed by atoms with Crippen molar-refractivity contribution in [2.45, 2.75) is 13.0 Å². The summed E-state index contributed by atoms with van der Waals surface area (Å²) in [6, 6.07) is 14.9. The third-order valence-corrected chi connectivity index (χ3v) is 3.20. The quantitative estimate of drug-likeness (QED) is 0.914. The predicted octanol–water partition coefficient (Wildman–Crippen LogP) is 3.66. The first kappa shape index (κ1) is 13.6. The summed E-state index contributed by atoms with van der Waals surface area (Å²) < 4.78 is 6.65. The Balaban J connectivity index is 2.06. The Labute approximate surface area is 120 Å². The highest BCUT2D eigenvalue weighted by atomic mass is 79.9. The minimum absolute atomic E-state index is 0.0138. The summed E-state index contributed by atoms with van der Waals surface area (Å²) in [5.41, 5.74) is 1.68. The van der Waals surface area contributed by atoms with Crippen LogP contribution in [0.4, 0.5) is 0 Å². The summed E-state index contributed by atoms with van der Waals surface area (Å²) in [5, 5.41) is 8.86. The van der Waals surface area contributed by atoms with Crippen molar-refractivity contribution in [1.82, 2.24) is 0 Å². The van der Waals surface area contributed by atoms with Crippen LogP contribution in [0, 0.1) is 0 Å². The maximum Gasteiger partial charge on any atom is 0.307 e. The second-order valence-electron chi connectivity index (χ2n) is 4.08. The molecule has 19 heavy (non-hydrogen) atoms. The van der Waals surface area contributed by atoms with E-state index in [0.717, 1.165) is 21.3 Å². The Hall–Kier alpha value is -1.81. The number of hydrogen-bond donors (Lipinski definition) is 1. The highest BCUT2D eigenvalue weighted by molar-refractivity contribution is 9.10. The average Bonchev–Trinajstić information content (AvgIpc) is 2.39. The molecule has 0 fully saturated rings. The van der Waals surface area contributed by atoms with E-state index in [2.05, 4.69) is 15.9 Å². The Morgan fingerprint density at radius 1 is 1.05 bits per heavy atom. The van der Waals surface area contributed by atoms with Gasteiger partial charge < -0.3 is 9.84 Å². The number of hydrogen-bond acceptors (Lipinski definition) is 2. The summed E-state index contributed by atoms with van der Waals surface area (Å²) in [4.78, 5) is 10.8. The van der Waals surface area contributed by atoms with E-state index < -0.39 is 5.97 Å². The zero-order chi connectivity index (χ0) is 13.7. The molecule has 0 radical (unpaired) electrons. The molecule has 4 heteroatoms. The monoisotopic (exact) mass is 320 g/mol. The molecule has 0 saturated heterocycles. The number of carbonyl (C=O) groups is 1. The predicted molar refractivity (Wildman–Crippen MR) is 76.3 cm³/mol. The van der Waals surface area contributed by atoms with Crippen LogP contribution in [-0.2, 0) is 17.8 Å². The second kappa shape index (κ2) is 6.38. The molecule has 0 atom stereocenters. The molecule has 2 aromatic rings. The molecular formula is C15H13BrO3. The van der Waals surface area contributed by atoms with Crippen molar-refractivity contribution < 1.29 is 14.6 Å². The van der Waals surface area contributed by atoms with Gasteiger partial charge in [0.2, 0.25) is 0 Å². The van der Waals surface area contributed by atoms with Crippen molar-refractivity contribution in [2.24, 2.45) is 0 Å². The first-order chi connectivity index (χ1) is 9.15. The maximum absolute atomic E-state index is 10.8. The summed E-state index contributed by atoms with van der Waals surface area (Å²) in [5.74, 6) is -0.0792. The molecule has 0 spiro atoms. The van der Waals surface area contributed by atoms with Gasteiger partial charge in [-0.05, 0) is 35.4 Å². The van der Waals surface area contributed by atoms with Gasteiger partial charge in [0.25, 0.3) is 0 Å². The van der Waals surface area contributed by atoms with Crippen LogP contribution in [0.3, 0.4) is 0 Å². The van der Waals surface area contributed by atoms with E-state index in [0.29, 0.717) is 6.61 Å². The lowest BCUT2D eigenvalue weighted by molar-refractivity contribution is -0.136. The van der Waals surface area contributed by atoms with Crippen LogP contribution >= 0.6 is 15.9 Å². The van der Waals surface area contributed by atoms with Crippen molar-refractivity contribution in [1.29, 1.82) is 0 Å². The summed E-state index contributed by atoms with van der Waals surface area (Å²) in [6.45, 7) is 0.366. The lowest BCUT2D eigenvalue weighted by Gasteiger charge is -2.10. The third-order valence-electron chi connectivity index (χ3n) is 2.67. The highest BCUT2D eigenvalue weighted by Gasteiger charge is 2.06. The normalized spacial score (nSPS) is 10.2. The molecule has 3 nitrogen and oxygen atoms in total. The van der Waals surface area contributed by atoms with E-state index in [9.17, 15) is 4.79 Å². The van der Waals surface area contributed by atoms with Crippen LogP contribution in [0.2, 0.25) is 0 Å². The van der Waals surface area contributed by atoms with Gasteiger partial charge in [-0.25, -0.2) is 0 Å². The van der Waals surface area contributed by atoms with Crippen molar-refractivity contribution in [3.8, 4) is 5.75 Å². The average molecular weight is 321 g/mol. The fourth-order valence-electron chi connectivity index (χ4n) is 1.73. The van der Waals surface area contributed by atoms with E-state index in [1.54, 1.807) is 0 Å². The molecule has 0 amide bonds. The van der Waals surface area contributed by atoms with Crippen LogP contribution in [0.5, 0.6) is 5.75 Å². The Bertz CT molecular complexity index is 564. The summed E-state index contributed by atoms with van der Waals surface area (Å²) in [6.07, 6.45) is 0.0138. The van der Waals surface area contributed by atoms with Gasteiger partial charge in [-0.15, -0.1) is 0 Å². The molecule has 98 valence electrons. The second-order valence-corrected chi connectivity index (χ2v) is 5.00. The third kappa shape index (κ3) is 4.10. The Morgan fingerprint density at radius 3 is 2.32 bits per heavy atom. The number of carboxylic acid groups (broad SMARTS) is 1. The molecule has 0 unspecified atom stereocenters. The van der Waals surface area contributed by atoms with Crippen LogP contribution in [-0.4, -0.2) is 11.1 Å². The van der Waals surface area contributed by atoms with Crippen LogP contribution < -0.4 is 4.74 Å². The number of rotatable bonds is 5. The van der Waals surface area contributed by atoms with Gasteiger partial charge in [0.05, 0.1) is 6.42 Å². The first-order valence-electron chi connectivity index (χ1n) is 5.82. The molecule has 0 heterocycles. The molecule has 0 aliphatic heterocycles. The molecule has 2 aromatic carbocycles. The first-order valence-corrected chi connectivity index (χ1v) is 6.61. The van der Waals surface area contributed by atoms with Gasteiger partial charge in [0.15, 0.2) is 0 Å². The molecule has 0 aliphatic carbocycles. The van der Waals surface area contributed by atoms with Crippen LogP contribution in [0.25, 0.3) is 0 Å². The smallest absolute Gasteiger partial charge is 0.307 e. The van der Waals surface area contributed by atoms with Crippen LogP contribution in [0.15, 0.2) is 53.0 Å². The maximum atomic E-state index is 10.8. The SMILES string of the molecule is O=C(O)Cc1ccccc1COc1ccc(Br)cc1. The van der Waals surface area contributed by atoms with Gasteiger partial charge in [0, 0.05) is 4.47 Å². The summed E-state index contributed by atoms with van der Waals surface area (Å²) >= 11 is 3.36. The Morgan fingerprint density at radius 2 is 1.68 bits per heavy atom. The van der Waals surface area contributed by atoms with Gasteiger partial charge in [-0.2, -0.15) is 0 Å². The van der Waals surface area contributed by atoms with Gasteiger partial charge in [-0.1, -0.05) is 40.2 Å². The summed E-state index contributed by atoms with van der Waals surface area (Å²) in [7, 11) is 0. The van der Waals surface area contributed by atoms with E-state index >= 15 is 0 Å². The largest absolute Gasteiger partial charge is 0.489 e. The van der Waals surface area contributed by atoms with Gasteiger partial charge in [0.1, 0.15) is 12.4 Å². The van der Waals surface area contributed by atoms with Crippen molar-refractivity contribution in [3.05, 3.63) is 64.1 Å². The van der Waals surface area contributed by atoms with E-state index in [1.807, 2.05) is 48.5 Å². The molecule has 2 rings (SSSR count). The number of ether oxygens (including phenoxy) is 1. The highest BCUT2D eigenvalue weighted by Crippen LogP contribution is 2.18. The minimum Gasteiger partial charge on any atom is -0.489 e. The number of carboxylic acids is 1. The number of halogens is 1. The molecular weight excluding hydrogens is 308 g/mol. The fraction of sp³-hybridized carbons (Fsp3) is 0.133. The van der Waals surface area contributed by atoms with E-state index in [-0.39, 0.29) is 6.42 Å². The molecule has 0 saturated carbocycles. The molecule has 0 bridgehead atoms. The lowest BCUT2D eigenvalue weighted by Crippen LogP contribution is -2.05. The Kier molecular flexibility index (Phi) is 4.58. The molecule has 0 aliphatic rings. The van der Waals surface area contributed by atoms with Gasteiger partial charge >= 0.3 is 5.97 Å². The van der Waals surface area contributed by atoms with Gasteiger partial charge in [-0.3, -0.25) is 4.79 Å². The minimum atomic E-state index is -0.837. The molecule has 1 N–H and O–H groups in total. The molecule has 0 aromatic heterocycles. The number of benzene rings is 2. The van der Waals surface area contributed by atoms with Crippen LogP contribution in [0.1, 0.15) is 11.1 Å². The van der Waals surface area contributed by atoms with E-state index in [1.165, 1.54) is 0 Å². The number of aliphatic carboxylic acids is 1. The van der Waals surface area contributed by atoms with Crippen molar-refractivity contribution in [3.63, 3.8) is 0 Å². The standard InChI is InChI=1S/C15H13BrO3/c16-13-5-7-14(8-6-13)19-10-12-4-2-1-3-11(12)9-15(17)18/h1-8H,9-10H2,(H,17,18). The van der Waals surface area contributed by atoms with Crippen molar-refractivity contribution in [2.75, 3.05) is 0 Å². The lowest BCUT2D eigenvalue weighted by atomic mass is 10.1. The van der Waals surface area contributed by atoms with E-state index in [4.69, 9.17) is 9.84 Å². The van der Waals surface area contributed by atoms with Crippen molar-refractivity contribution >= 4 is 21.9 Å². The zero-order valence-corrected chi connectivity index (χ0v) is 11.8. The topological polar surface area (TPSA) is 46.5 Å². The zero-order valence-electron chi connectivity index (χ0n) is 10.2. The fourth-order valence-corrected chi connectivity index (χ4v) is 1.99.